The van der Waals surface area contributed by atoms with Gasteiger partial charge in [0.15, 0.2) is 11.6 Å². The zero-order chi connectivity index (χ0) is 24.7. The van der Waals surface area contributed by atoms with Crippen molar-refractivity contribution >= 4 is 46.6 Å². The Hall–Kier alpha value is -2.61. The van der Waals surface area contributed by atoms with E-state index >= 15 is 0 Å². The second-order valence-electron chi connectivity index (χ2n) is 7.69. The first-order chi connectivity index (χ1) is 16.3. The van der Waals surface area contributed by atoms with E-state index in [2.05, 4.69) is 9.84 Å². The van der Waals surface area contributed by atoms with Gasteiger partial charge in [0.1, 0.15) is 6.54 Å². The van der Waals surface area contributed by atoms with E-state index in [1.165, 1.54) is 11.7 Å². The Balaban J connectivity index is 1.73. The van der Waals surface area contributed by atoms with Gasteiger partial charge in [0.05, 0.1) is 7.11 Å². The first-order valence-electron chi connectivity index (χ1n) is 10.7. The largest absolute Gasteiger partial charge is 0.469 e. The van der Waals surface area contributed by atoms with Crippen LogP contribution in [0.2, 0.25) is 15.1 Å². The summed E-state index contributed by atoms with van der Waals surface area (Å²) >= 11 is 18.4. The summed E-state index contributed by atoms with van der Waals surface area (Å²) < 4.78 is 7.29. The van der Waals surface area contributed by atoms with Crippen molar-refractivity contribution < 1.29 is 14.3 Å². The quantitative estimate of drug-likeness (QED) is 0.321. The summed E-state index contributed by atoms with van der Waals surface area (Å²) in [6.07, 6.45) is 1.90. The highest BCUT2D eigenvalue weighted by atomic mass is 35.5. The number of aromatic nitrogens is 3. The molecule has 3 rings (SSSR count). The van der Waals surface area contributed by atoms with Crippen molar-refractivity contribution in [3.8, 4) is 11.4 Å². The standard InChI is InChI=1S/C24H24Cl3N3O4/c1-34-22(32)9-4-14-29-23(16-10-12-17(25)13-11-16)28-30(24(29)33)15-18(31)5-2-6-19-20(26)7-3-8-21(19)27/h3,7-8,10-13H,2,4-6,9,14-15H2,1H3. The third kappa shape index (κ3) is 6.72. The van der Waals surface area contributed by atoms with Gasteiger partial charge in [-0.15, -0.1) is 5.10 Å². The average Bonchev–Trinajstić information content (AvgIpc) is 3.11. The molecule has 180 valence electrons. The number of ether oxygens (including phenoxy) is 1. The van der Waals surface area contributed by atoms with Crippen LogP contribution in [0.5, 0.6) is 0 Å². The number of methoxy groups -OCH3 is 1. The fraction of sp³-hybridized carbons (Fsp3) is 0.333. The molecule has 0 fully saturated rings. The second kappa shape index (κ2) is 12.2. The first-order valence-corrected chi connectivity index (χ1v) is 11.9. The van der Waals surface area contributed by atoms with E-state index in [0.717, 1.165) is 10.2 Å². The zero-order valence-electron chi connectivity index (χ0n) is 18.6. The molecule has 0 atom stereocenters. The Morgan fingerprint density at radius 2 is 1.65 bits per heavy atom. The molecule has 0 radical (unpaired) electrons. The normalized spacial score (nSPS) is 10.9. The van der Waals surface area contributed by atoms with E-state index in [-0.39, 0.29) is 37.7 Å². The van der Waals surface area contributed by atoms with Gasteiger partial charge in [-0.1, -0.05) is 40.9 Å². The number of halogens is 3. The number of ketones is 1. The summed E-state index contributed by atoms with van der Waals surface area (Å²) in [7, 11) is 1.32. The SMILES string of the molecule is COC(=O)CCCn1c(-c2ccc(Cl)cc2)nn(CC(=O)CCCc2c(Cl)cccc2Cl)c1=O. The van der Waals surface area contributed by atoms with Gasteiger partial charge in [-0.2, -0.15) is 0 Å². The van der Waals surface area contributed by atoms with Crippen LogP contribution in [-0.2, 0) is 33.8 Å². The summed E-state index contributed by atoms with van der Waals surface area (Å²) in [6.45, 7) is 0.102. The minimum atomic E-state index is -0.419. The van der Waals surface area contributed by atoms with Gasteiger partial charge >= 0.3 is 11.7 Å². The highest BCUT2D eigenvalue weighted by Gasteiger charge is 2.18. The molecule has 0 aliphatic heterocycles. The number of rotatable bonds is 11. The van der Waals surface area contributed by atoms with Crippen LogP contribution in [0.15, 0.2) is 47.3 Å². The summed E-state index contributed by atoms with van der Waals surface area (Å²) in [5.41, 5.74) is 1.06. The topological polar surface area (TPSA) is 83.2 Å². The highest BCUT2D eigenvalue weighted by Crippen LogP contribution is 2.26. The third-order valence-corrected chi connectivity index (χ3v) is 6.25. The minimum absolute atomic E-state index is 0.132. The van der Waals surface area contributed by atoms with Crippen LogP contribution in [0.3, 0.4) is 0 Å². The molecule has 0 saturated heterocycles. The van der Waals surface area contributed by atoms with Crippen molar-refractivity contribution in [2.45, 2.75) is 45.2 Å². The molecule has 0 amide bonds. The molecule has 0 N–H and O–H groups in total. The van der Waals surface area contributed by atoms with Gasteiger partial charge < -0.3 is 4.74 Å². The number of Topliss-reactive ketones (excluding diaryl/α,β-unsaturated/α-hetero) is 1. The van der Waals surface area contributed by atoms with Crippen molar-refractivity contribution in [3.05, 3.63) is 73.6 Å². The first kappa shape index (κ1) is 26.0. The Morgan fingerprint density at radius 3 is 2.29 bits per heavy atom. The van der Waals surface area contributed by atoms with E-state index in [1.54, 1.807) is 42.5 Å². The highest BCUT2D eigenvalue weighted by molar-refractivity contribution is 6.36. The van der Waals surface area contributed by atoms with Crippen molar-refractivity contribution in [1.29, 1.82) is 0 Å². The zero-order valence-corrected chi connectivity index (χ0v) is 20.9. The number of carbonyl (C=O) groups excluding carboxylic acids is 2. The Bertz CT molecular complexity index is 1200. The maximum atomic E-state index is 13.0. The average molecular weight is 525 g/mol. The summed E-state index contributed by atoms with van der Waals surface area (Å²) in [5.74, 6) is -0.0865. The maximum absolute atomic E-state index is 13.0. The molecule has 1 aromatic heterocycles. The van der Waals surface area contributed by atoms with E-state index in [4.69, 9.17) is 34.8 Å². The molecule has 0 bridgehead atoms. The van der Waals surface area contributed by atoms with Gasteiger partial charge in [0.2, 0.25) is 0 Å². The Kier molecular flexibility index (Phi) is 9.33. The lowest BCUT2D eigenvalue weighted by Gasteiger charge is -2.06. The van der Waals surface area contributed by atoms with Crippen LogP contribution in [0.25, 0.3) is 11.4 Å². The van der Waals surface area contributed by atoms with Gasteiger partial charge in [-0.05, 0) is 61.2 Å². The van der Waals surface area contributed by atoms with Crippen LogP contribution < -0.4 is 5.69 Å². The number of carbonyl (C=O) groups is 2. The van der Waals surface area contributed by atoms with E-state index in [1.807, 2.05) is 0 Å². The van der Waals surface area contributed by atoms with Gasteiger partial charge in [-0.25, -0.2) is 9.48 Å². The molecule has 0 aliphatic carbocycles. The number of esters is 1. The maximum Gasteiger partial charge on any atom is 0.346 e. The van der Waals surface area contributed by atoms with Crippen LogP contribution in [-0.4, -0.2) is 33.2 Å². The lowest BCUT2D eigenvalue weighted by atomic mass is 10.1. The van der Waals surface area contributed by atoms with Crippen LogP contribution in [0, 0.1) is 0 Å². The predicted molar refractivity (Wildman–Crippen MR) is 133 cm³/mol. The smallest absolute Gasteiger partial charge is 0.346 e. The van der Waals surface area contributed by atoms with E-state index in [9.17, 15) is 14.4 Å². The Morgan fingerprint density at radius 1 is 0.971 bits per heavy atom. The number of hydrogen-bond donors (Lipinski definition) is 0. The van der Waals surface area contributed by atoms with Gasteiger partial charge in [-0.3, -0.25) is 14.2 Å². The van der Waals surface area contributed by atoms with Gasteiger partial charge in [0, 0.05) is 40.0 Å². The van der Waals surface area contributed by atoms with Crippen molar-refractivity contribution in [2.24, 2.45) is 0 Å². The fourth-order valence-corrected chi connectivity index (χ4v) is 4.23. The lowest BCUT2D eigenvalue weighted by molar-refractivity contribution is -0.140. The molecule has 0 aliphatic rings. The van der Waals surface area contributed by atoms with E-state index < -0.39 is 5.69 Å². The fourth-order valence-electron chi connectivity index (χ4n) is 3.52. The molecule has 7 nitrogen and oxygen atoms in total. The molecule has 1 heterocycles. The van der Waals surface area contributed by atoms with Crippen LogP contribution >= 0.6 is 34.8 Å². The molecule has 2 aromatic carbocycles. The second-order valence-corrected chi connectivity index (χ2v) is 8.95. The Labute approximate surface area is 212 Å². The molecule has 10 heteroatoms. The molecular weight excluding hydrogens is 501 g/mol. The number of benzene rings is 2. The molecule has 34 heavy (non-hydrogen) atoms. The van der Waals surface area contributed by atoms with Crippen molar-refractivity contribution in [2.75, 3.05) is 7.11 Å². The molecule has 0 saturated carbocycles. The molecular formula is C24H24Cl3N3O4. The van der Waals surface area contributed by atoms with Crippen LogP contribution in [0.1, 0.15) is 31.2 Å². The van der Waals surface area contributed by atoms with E-state index in [0.29, 0.717) is 45.7 Å². The summed E-state index contributed by atoms with van der Waals surface area (Å²) in [4.78, 5) is 37.1. The van der Waals surface area contributed by atoms with Crippen molar-refractivity contribution in [3.63, 3.8) is 0 Å². The van der Waals surface area contributed by atoms with Crippen LogP contribution in [0.4, 0.5) is 0 Å². The molecule has 3 aromatic rings. The number of hydrogen-bond acceptors (Lipinski definition) is 5. The monoisotopic (exact) mass is 523 g/mol. The number of nitrogens with zero attached hydrogens (tertiary/aromatic N) is 3. The summed E-state index contributed by atoms with van der Waals surface area (Å²) in [6, 6.07) is 12.2. The minimum Gasteiger partial charge on any atom is -0.469 e. The lowest BCUT2D eigenvalue weighted by Crippen LogP contribution is -2.28. The van der Waals surface area contributed by atoms with Crippen molar-refractivity contribution in [1.82, 2.24) is 14.3 Å². The molecule has 0 spiro atoms. The summed E-state index contributed by atoms with van der Waals surface area (Å²) in [5, 5.41) is 6.09. The molecule has 0 unspecified atom stereocenters. The predicted octanol–water partition coefficient (Wildman–Crippen LogP) is 5.22. The van der Waals surface area contributed by atoms with Gasteiger partial charge in [0.25, 0.3) is 0 Å². The third-order valence-electron chi connectivity index (χ3n) is 5.29.